The molecule has 0 fully saturated rings. The van der Waals surface area contributed by atoms with Gasteiger partial charge in [-0.15, -0.1) is 8.57 Å². The highest BCUT2D eigenvalue weighted by atomic mass is 32.3. The van der Waals surface area contributed by atoms with Crippen LogP contribution in [0.4, 0.5) is 5.69 Å². The van der Waals surface area contributed by atoms with Crippen molar-refractivity contribution >= 4 is 155 Å². The third kappa shape index (κ3) is 62.3. The monoisotopic (exact) mass is 1950 g/mol. The van der Waals surface area contributed by atoms with Gasteiger partial charge in [0.05, 0.1) is 82.8 Å². The minimum atomic E-state index is -3.64. The van der Waals surface area contributed by atoms with E-state index < -0.39 is 119 Å². The Kier molecular flexibility index (Phi) is 64.0. The summed E-state index contributed by atoms with van der Waals surface area (Å²) in [6.07, 6.45) is 5.84. The summed E-state index contributed by atoms with van der Waals surface area (Å²) in [4.78, 5) is 74.1. The Balaban J connectivity index is -0.000000147. The number of carbonyl (C=O) groups is 6. The van der Waals surface area contributed by atoms with Crippen LogP contribution in [0.3, 0.4) is 0 Å². The third-order valence-corrected chi connectivity index (χ3v) is 22.5. The van der Waals surface area contributed by atoms with Gasteiger partial charge in [0, 0.05) is 60.2 Å². The average Bonchev–Trinajstić information content (AvgIpc) is 1.70. The van der Waals surface area contributed by atoms with Gasteiger partial charge >= 0.3 is 40.5 Å². The van der Waals surface area contributed by atoms with E-state index in [-0.39, 0.29) is 99.6 Å². The van der Waals surface area contributed by atoms with Gasteiger partial charge in [-0.25, -0.2) is 10.1 Å². The molecule has 2 aliphatic carbocycles. The molecular weight excluding hydrogens is 1810 g/mol. The molecule has 0 saturated heterocycles. The zero-order valence-corrected chi connectivity index (χ0v) is 81.4. The van der Waals surface area contributed by atoms with Gasteiger partial charge in [-0.2, -0.15) is 75.8 Å². The fraction of sp³-hybridized carbons (Fsp3) is 0.667. The van der Waals surface area contributed by atoms with E-state index >= 15 is 0 Å². The van der Waals surface area contributed by atoms with E-state index in [1.807, 2.05) is 69.2 Å². The molecule has 0 spiro atoms. The van der Waals surface area contributed by atoms with Crippen molar-refractivity contribution in [2.24, 2.45) is 20.6 Å². The van der Waals surface area contributed by atoms with Crippen molar-refractivity contribution in [2.45, 2.75) is 254 Å². The third-order valence-electron chi connectivity index (χ3n) is 15.5. The largest absolute Gasteiger partial charge is 0.328 e. The number of hydroxylamine groups is 4. The fourth-order valence-electron chi connectivity index (χ4n) is 7.10. The van der Waals surface area contributed by atoms with Gasteiger partial charge in [-0.05, 0) is 216 Å². The van der Waals surface area contributed by atoms with Gasteiger partial charge < -0.3 is 0 Å². The molecule has 1 aromatic carbocycles. The summed E-state index contributed by atoms with van der Waals surface area (Å²) in [6, 6.07) is 0. The molecule has 0 aromatic heterocycles. The topological polar surface area (TPSA) is 592 Å². The number of nitrogens with zero attached hydrogens (tertiary/aromatic N) is 7. The van der Waals surface area contributed by atoms with E-state index in [2.05, 4.69) is 54.7 Å². The van der Waals surface area contributed by atoms with E-state index in [9.17, 15) is 115 Å². The molecule has 51 heteroatoms. The Bertz CT molecular complexity index is 5170. The van der Waals surface area contributed by atoms with E-state index in [0.29, 0.717) is 51.1 Å². The average molecular weight is 1950 g/mol. The van der Waals surface area contributed by atoms with Crippen LogP contribution in [0.1, 0.15) is 237 Å². The van der Waals surface area contributed by atoms with Gasteiger partial charge in [0.25, 0.3) is 56.3 Å². The molecule has 0 bridgehead atoms. The lowest BCUT2D eigenvalue weighted by molar-refractivity contribution is -0.386. The van der Waals surface area contributed by atoms with E-state index in [1.165, 1.54) is 153 Å². The van der Waals surface area contributed by atoms with Crippen LogP contribution in [0.15, 0.2) is 65.2 Å². The molecule has 0 N–H and O–H groups in total. The lowest BCUT2D eigenvalue weighted by Gasteiger charge is -2.20. The van der Waals surface area contributed by atoms with Gasteiger partial charge in [0.15, 0.2) is 23.1 Å². The molecule has 123 heavy (non-hydrogen) atoms. The zero-order valence-electron chi connectivity index (χ0n) is 74.0. The summed E-state index contributed by atoms with van der Waals surface area (Å²) in [6.45, 7) is 44.6. The van der Waals surface area contributed by atoms with Crippen molar-refractivity contribution in [2.75, 3.05) is 68.4 Å². The predicted octanol–water partition coefficient (Wildman–Crippen LogP) is 10.4. The molecule has 42 nitrogen and oxygen atoms in total. The molecule has 0 radical (unpaired) electrons. The highest BCUT2D eigenvalue weighted by Crippen LogP contribution is 2.35. The number of oxime groups is 4. The highest BCUT2D eigenvalue weighted by molar-refractivity contribution is 7.88. The Morgan fingerprint density at radius 3 is 0.959 bits per heavy atom. The number of benzene rings is 1. The summed E-state index contributed by atoms with van der Waals surface area (Å²) in [5.74, 6) is -2.69. The Hall–Kier alpha value is -7.57. The molecule has 2 amide bonds. The number of rotatable bonds is 28. The second kappa shape index (κ2) is 57.9. The van der Waals surface area contributed by atoms with Crippen molar-refractivity contribution in [1.29, 1.82) is 0 Å². The number of carbonyl (C=O) groups excluding carboxylic acids is 6. The molecule has 0 aliphatic heterocycles. The summed E-state index contributed by atoms with van der Waals surface area (Å²) in [7, 11) is -29.6. The first-order valence-corrected chi connectivity index (χ1v) is 50.0. The van der Waals surface area contributed by atoms with E-state index in [4.69, 9.17) is 4.18 Å². The maximum atomic E-state index is 11.2. The van der Waals surface area contributed by atoms with Crippen LogP contribution in [0, 0.1) is 37.8 Å². The number of allylic oxidation sites excluding steroid dienone is 8. The Morgan fingerprint density at radius 2 is 0.707 bits per heavy atom. The first kappa shape index (κ1) is 136. The van der Waals surface area contributed by atoms with Gasteiger partial charge in [-0.3, -0.25) is 68.6 Å². The lowest BCUT2D eigenvalue weighted by atomic mass is 9.93. The van der Waals surface area contributed by atoms with Crippen LogP contribution in [0.2, 0.25) is 0 Å². The second-order valence-corrected chi connectivity index (χ2v) is 42.2. The molecule has 0 heterocycles. The quantitative estimate of drug-likeness (QED) is 0.0325. The van der Waals surface area contributed by atoms with Gasteiger partial charge in [-0.1, -0.05) is 61.5 Å². The number of nitro groups is 1. The van der Waals surface area contributed by atoms with Gasteiger partial charge in [0.2, 0.25) is 11.8 Å². The van der Waals surface area contributed by atoms with E-state index in [0.717, 1.165) is 59.1 Å². The summed E-state index contributed by atoms with van der Waals surface area (Å²) in [5, 5.41) is 26.2. The second-order valence-electron chi connectivity index (χ2n) is 26.9. The summed E-state index contributed by atoms with van der Waals surface area (Å²) >= 11 is 0. The van der Waals surface area contributed by atoms with Crippen LogP contribution in [-0.4, -0.2) is 228 Å². The number of Topliss-reactive ketones (excluding diaryl/α,β-unsaturated/α-hetero) is 4. The molecule has 1 aromatic rings. The molecule has 0 unspecified atom stereocenters. The predicted molar refractivity (Wildman–Crippen MR) is 476 cm³/mol. The number of ketones is 4. The normalized spacial score (nSPS) is 13.7. The minimum absolute atomic E-state index is 0. The first-order chi connectivity index (χ1) is 52.9. The first-order valence-electron chi connectivity index (χ1n) is 34.6. The Labute approximate surface area is 733 Å². The molecular formula is C72H135N7O35S9. The molecule has 0 saturated carbocycles. The van der Waals surface area contributed by atoms with Crippen molar-refractivity contribution in [3.05, 3.63) is 82.5 Å². The standard InChI is InChI=1S/C12H17NO5S.C12H19NO3S.C11H17NO3S.C7H14O4S.C6H11NO4S.C6H12O4S.C5H11NO4S.C5H9NO4S.C4H9NO4S.4CH4/c1-7-8(2)10(4)12(13(14)15)11(9(7)3)6-18-19(5,16)17;1-6-17(14,15)16-13-12-7-11(8(2)3)9(4)10(12)5;1-7(2)10-6-11(9(4)8(10)3)12-15-16(5,13)14;1-5-12(9,10)11-7(3,4)6(2)8;1-4-12(9,10)11-7-5(2)6(3)8;1-5(7)6(2,3)10-11(4,8)9;1-4-11(8,9)10-6(3)5(2)7;1-4(5(2)7)6-10-11(3,8)9;1-4(6)5(2)9-10(3,7)8;;;;/h6H2,1-5H3;6-7H2,1-5H3;6H2,1-5H3;5H2,1-4H3;4H2,1-3H3;1-4H3;4H2,1-3H3;1-3H3;1-3H3;4*1H4/b;;;;7-5+;;;6-4+;;;;;. The molecule has 2 aliphatic rings. The van der Waals surface area contributed by atoms with Crippen molar-refractivity contribution in [1.82, 2.24) is 10.1 Å². The smallest absolute Gasteiger partial charge is 0.297 e. The summed E-state index contributed by atoms with van der Waals surface area (Å²) < 4.78 is 233. The number of hydrogen-bond acceptors (Lipinski definition) is 39. The maximum absolute atomic E-state index is 11.2. The molecule has 0 atom stereocenters. The number of nitro benzene ring substituents is 1. The van der Waals surface area contributed by atoms with Crippen molar-refractivity contribution in [3.8, 4) is 0 Å². The summed E-state index contributed by atoms with van der Waals surface area (Å²) in [5.41, 5.74) is 11.4. The lowest BCUT2D eigenvalue weighted by Crippen LogP contribution is -2.35. The number of hydrogen-bond donors (Lipinski definition) is 0. The fourth-order valence-corrected chi connectivity index (χ4v) is 11.4. The molecule has 3 rings (SSSR count). The zero-order chi connectivity index (χ0) is 96.2. The van der Waals surface area contributed by atoms with Crippen LogP contribution in [-0.2, 0) is 165 Å². The van der Waals surface area contributed by atoms with Crippen LogP contribution < -0.4 is 0 Å². The van der Waals surface area contributed by atoms with Crippen LogP contribution in [0.25, 0.3) is 0 Å². The maximum Gasteiger partial charge on any atom is 0.328 e. The van der Waals surface area contributed by atoms with Crippen LogP contribution in [0.5, 0.6) is 0 Å². The van der Waals surface area contributed by atoms with Crippen molar-refractivity contribution < 1.29 is 148 Å². The SMILES string of the molecule is C.C.C.C.CC(=O)/C(C)=N/OS(C)(=O)=O.CC(=O)C(C)(C)OS(C)(=O)=O.CC(=O)N(C)OS(C)(=O)=O.CC(C)=C1CC(=NOS(C)(=O)=O)C(C)=C1C.CCS(=O)(=O)O/N=C(\C)C(C)=O.CCS(=O)(=O)OC(C)(C)C(C)=O.CCS(=O)(=O)ON(C)C(C)=O.CCS(=O)(=O)ON=C1CC(=C(C)C)C(C)=C1C.Cc1c(C)c(C)c([N+](=O)[O-])c(COS(C)(=O)=O)c1C. The van der Waals surface area contributed by atoms with Crippen LogP contribution >= 0.6 is 0 Å². The van der Waals surface area contributed by atoms with Gasteiger partial charge in [0.1, 0.15) is 22.6 Å². The highest BCUT2D eigenvalue weighted by Gasteiger charge is 2.32. The minimum Gasteiger partial charge on any atom is -0.297 e. The van der Waals surface area contributed by atoms with Crippen molar-refractivity contribution in [3.63, 3.8) is 0 Å². The number of amides is 2. The molecule has 722 valence electrons. The Morgan fingerprint density at radius 1 is 0.398 bits per heavy atom. The van der Waals surface area contributed by atoms with E-state index in [1.54, 1.807) is 13.8 Å².